The first-order valence-electron chi connectivity index (χ1n) is 4.31. The van der Waals surface area contributed by atoms with E-state index in [-0.39, 0.29) is 31.0 Å². The smallest absolute Gasteiger partial charge is 1.00 e. The van der Waals surface area contributed by atoms with E-state index < -0.39 is 0 Å². The average molecular weight is 192 g/mol. The van der Waals surface area contributed by atoms with Crippen LogP contribution in [0.2, 0.25) is 0 Å². The number of benzene rings is 2. The maximum atomic E-state index is 5.65. The van der Waals surface area contributed by atoms with Crippen LogP contribution in [-0.2, 0) is 0 Å². The molecule has 0 fully saturated rings. The van der Waals surface area contributed by atoms with Crippen LogP contribution in [0.4, 0.5) is 0 Å². The van der Waals surface area contributed by atoms with Crippen molar-refractivity contribution in [2.24, 2.45) is 0 Å². The van der Waals surface area contributed by atoms with Gasteiger partial charge in [0.25, 0.3) is 0 Å². The summed E-state index contributed by atoms with van der Waals surface area (Å²) in [4.78, 5) is 0. The molecule has 14 heavy (non-hydrogen) atoms. The summed E-state index contributed by atoms with van der Waals surface area (Å²) in [6.45, 7) is 0. The molecule has 1 nitrogen and oxygen atoms in total. The molecule has 3 rings (SSSR count). The van der Waals surface area contributed by atoms with Crippen LogP contribution in [0.25, 0.3) is 21.9 Å². The second-order valence-corrected chi connectivity index (χ2v) is 3.09. The van der Waals surface area contributed by atoms with E-state index in [9.17, 15) is 0 Å². The number of hydrogen-bond donors (Lipinski definition) is 0. The van der Waals surface area contributed by atoms with Crippen molar-refractivity contribution in [1.82, 2.24) is 0 Å². The van der Waals surface area contributed by atoms with Crippen LogP contribution in [0.5, 0.6) is 0 Å². The van der Waals surface area contributed by atoms with E-state index in [1.807, 2.05) is 36.4 Å². The molecule has 1 aromatic heterocycles. The Balaban J connectivity index is 0.000000562. The van der Waals surface area contributed by atoms with Gasteiger partial charge in [0.05, 0.1) is 0 Å². The van der Waals surface area contributed by atoms with Gasteiger partial charge in [0.1, 0.15) is 11.2 Å². The molecule has 0 saturated heterocycles. The molecule has 0 radical (unpaired) electrons. The maximum Gasteiger partial charge on any atom is 1.00 e. The predicted octanol–water partition coefficient (Wildman–Crippen LogP) is 0.703. The number of furan rings is 1. The van der Waals surface area contributed by atoms with Crippen molar-refractivity contribution in [3.8, 4) is 0 Å². The minimum atomic E-state index is 0. The van der Waals surface area contributed by atoms with Gasteiger partial charge in [-0.05, 0) is 12.1 Å². The first-order chi connectivity index (χ1) is 6.45. The van der Waals surface area contributed by atoms with Crippen molar-refractivity contribution in [3.63, 3.8) is 0 Å². The Bertz CT molecular complexity index is 523. The first kappa shape index (κ1) is 9.78. The zero-order valence-electron chi connectivity index (χ0n) is 9.03. The molecule has 1 heterocycles. The first-order valence-corrected chi connectivity index (χ1v) is 4.31. The molecule has 2 aromatic carbocycles. The Morgan fingerprint density at radius 2 is 1.14 bits per heavy atom. The average Bonchev–Trinajstić information content (AvgIpc) is 2.56. The minimum Gasteiger partial charge on any atom is -1.00 e. The summed E-state index contributed by atoms with van der Waals surface area (Å²) in [6.07, 6.45) is 0. The number of hydrogen-bond acceptors (Lipinski definition) is 1. The maximum absolute atomic E-state index is 5.65. The van der Waals surface area contributed by atoms with Gasteiger partial charge < -0.3 is 5.84 Å². The molecule has 3 aromatic rings. The van der Waals surface area contributed by atoms with Crippen LogP contribution in [0.1, 0.15) is 1.43 Å². The van der Waals surface area contributed by atoms with E-state index in [0.717, 1.165) is 11.2 Å². The van der Waals surface area contributed by atoms with E-state index in [2.05, 4.69) is 12.1 Å². The largest absolute Gasteiger partial charge is 1.00 e. The third kappa shape index (κ3) is 1.38. The fraction of sp³-hybridized carbons (Fsp3) is 0. The van der Waals surface area contributed by atoms with Gasteiger partial charge in [-0.1, -0.05) is 36.4 Å². The molecule has 0 saturated carbocycles. The summed E-state index contributed by atoms with van der Waals surface area (Å²) in [6, 6.07) is 16.2. The van der Waals surface area contributed by atoms with Crippen LogP contribution in [0.3, 0.4) is 0 Å². The molecule has 0 amide bonds. The molecule has 0 atom stereocenters. The second-order valence-electron chi connectivity index (χ2n) is 3.09. The fourth-order valence-corrected chi connectivity index (χ4v) is 1.67. The molecule has 2 heteroatoms. The van der Waals surface area contributed by atoms with Crippen molar-refractivity contribution in [1.29, 1.82) is 0 Å². The van der Waals surface area contributed by atoms with Crippen LogP contribution >= 0.6 is 0 Å². The van der Waals surface area contributed by atoms with Crippen molar-refractivity contribution in [3.05, 3.63) is 48.5 Å². The van der Waals surface area contributed by atoms with Crippen molar-refractivity contribution in [2.45, 2.75) is 0 Å². The van der Waals surface area contributed by atoms with Gasteiger partial charge in [0, 0.05) is 10.8 Å². The quantitative estimate of drug-likeness (QED) is 0.478. The predicted molar refractivity (Wildman–Crippen MR) is 54.8 cm³/mol. The Kier molecular flexibility index (Phi) is 2.64. The third-order valence-electron chi connectivity index (χ3n) is 2.28. The van der Waals surface area contributed by atoms with Crippen LogP contribution in [0, 0.1) is 0 Å². The van der Waals surface area contributed by atoms with Crippen molar-refractivity contribution >= 4 is 21.9 Å². The fourth-order valence-electron chi connectivity index (χ4n) is 1.67. The molecular formula is C12H9NaO. The van der Waals surface area contributed by atoms with E-state index in [4.69, 9.17) is 4.42 Å². The molecule has 0 unspecified atom stereocenters. The molecule has 0 N–H and O–H groups in total. The SMILES string of the molecule is [H-].[Na+].c1ccc2c(c1)oc1ccccc12. The standard InChI is InChI=1S/C12H8O.Na.H/c1-3-7-11-9(5-1)10-6-2-4-8-12(10)13-11;;/h1-8H;;/q;+1;-1. The second kappa shape index (κ2) is 3.77. The van der Waals surface area contributed by atoms with E-state index in [1.165, 1.54) is 10.8 Å². The van der Waals surface area contributed by atoms with Gasteiger partial charge in [-0.25, -0.2) is 0 Å². The summed E-state index contributed by atoms with van der Waals surface area (Å²) in [7, 11) is 0. The van der Waals surface area contributed by atoms with Crippen molar-refractivity contribution in [2.75, 3.05) is 0 Å². The third-order valence-corrected chi connectivity index (χ3v) is 2.28. The normalized spacial score (nSPS) is 10.3. The Hall–Kier alpha value is -0.760. The summed E-state index contributed by atoms with van der Waals surface area (Å²) in [5, 5.41) is 2.39. The topological polar surface area (TPSA) is 13.1 Å². The molecule has 0 aliphatic carbocycles. The molecular weight excluding hydrogens is 183 g/mol. The number of fused-ring (bicyclic) bond motifs is 3. The van der Waals surface area contributed by atoms with Crippen LogP contribution < -0.4 is 29.6 Å². The molecule has 0 aliphatic heterocycles. The van der Waals surface area contributed by atoms with Gasteiger partial charge in [0.15, 0.2) is 0 Å². The van der Waals surface area contributed by atoms with Crippen LogP contribution in [-0.4, -0.2) is 0 Å². The summed E-state index contributed by atoms with van der Waals surface area (Å²) < 4.78 is 5.65. The summed E-state index contributed by atoms with van der Waals surface area (Å²) in [5.74, 6) is 0. The number of rotatable bonds is 0. The van der Waals surface area contributed by atoms with Gasteiger partial charge in [-0.3, -0.25) is 0 Å². The zero-order valence-corrected chi connectivity index (χ0v) is 10.0. The van der Waals surface area contributed by atoms with Crippen LogP contribution in [0.15, 0.2) is 52.9 Å². The molecule has 0 bridgehead atoms. The van der Waals surface area contributed by atoms with E-state index in [0.29, 0.717) is 0 Å². The zero-order chi connectivity index (χ0) is 8.67. The van der Waals surface area contributed by atoms with Gasteiger partial charge >= 0.3 is 29.6 Å². The summed E-state index contributed by atoms with van der Waals surface area (Å²) >= 11 is 0. The Morgan fingerprint density at radius 3 is 1.64 bits per heavy atom. The van der Waals surface area contributed by atoms with Crippen molar-refractivity contribution < 1.29 is 35.4 Å². The van der Waals surface area contributed by atoms with Gasteiger partial charge in [0.2, 0.25) is 0 Å². The molecule has 0 spiro atoms. The molecule has 64 valence electrons. The van der Waals surface area contributed by atoms with Gasteiger partial charge in [-0.2, -0.15) is 0 Å². The van der Waals surface area contributed by atoms with Gasteiger partial charge in [-0.15, -0.1) is 0 Å². The monoisotopic (exact) mass is 192 g/mol. The minimum absolute atomic E-state index is 0. The Morgan fingerprint density at radius 1 is 0.714 bits per heavy atom. The number of para-hydroxylation sites is 2. The Labute approximate surface area is 105 Å². The summed E-state index contributed by atoms with van der Waals surface area (Å²) in [5.41, 5.74) is 1.92. The molecule has 0 aliphatic rings. The van der Waals surface area contributed by atoms with E-state index >= 15 is 0 Å². The van der Waals surface area contributed by atoms with E-state index in [1.54, 1.807) is 0 Å².